The minimum absolute atomic E-state index is 0.834. The van der Waals surface area contributed by atoms with Crippen molar-refractivity contribution >= 4 is 11.6 Å². The summed E-state index contributed by atoms with van der Waals surface area (Å²) < 4.78 is 0. The normalized spacial score (nSPS) is 24.5. The zero-order valence-corrected chi connectivity index (χ0v) is 14.8. The Balaban J connectivity index is 1.59. The second kappa shape index (κ2) is 7.24. The summed E-state index contributed by atoms with van der Waals surface area (Å²) in [5.41, 5.74) is 2.54. The lowest BCUT2D eigenvalue weighted by Crippen LogP contribution is -2.39. The van der Waals surface area contributed by atoms with E-state index in [-0.39, 0.29) is 0 Å². The van der Waals surface area contributed by atoms with Crippen LogP contribution < -0.4 is 10.2 Å². The standard InChI is InChI=1S/C19H30N4/c1-20-19(23-13-16-8-4-5-9-17(16)14-23)21-12-15-7-6-10-18(11-15)22(2)3/h6-7,10-11,16-17H,4-5,8-9,12-14H2,1-3H3,(H,20,21). The molecule has 1 saturated carbocycles. The van der Waals surface area contributed by atoms with Crippen molar-refractivity contribution in [1.29, 1.82) is 0 Å². The Kier molecular flexibility index (Phi) is 5.09. The third-order valence-corrected chi connectivity index (χ3v) is 5.37. The van der Waals surface area contributed by atoms with Crippen LogP contribution in [0.15, 0.2) is 29.3 Å². The number of hydrogen-bond donors (Lipinski definition) is 1. The minimum Gasteiger partial charge on any atom is -0.378 e. The highest BCUT2D eigenvalue weighted by atomic mass is 15.3. The SMILES string of the molecule is CN=C(NCc1cccc(N(C)C)c1)N1CC2CCCCC2C1. The van der Waals surface area contributed by atoms with Crippen LogP contribution in [-0.2, 0) is 6.54 Å². The Morgan fingerprint density at radius 2 is 1.91 bits per heavy atom. The van der Waals surface area contributed by atoms with Gasteiger partial charge in [0.15, 0.2) is 5.96 Å². The first-order chi connectivity index (χ1) is 11.2. The third kappa shape index (κ3) is 3.80. The number of benzene rings is 1. The molecule has 1 aliphatic carbocycles. The molecule has 2 fully saturated rings. The Bertz CT molecular complexity index is 538. The summed E-state index contributed by atoms with van der Waals surface area (Å²) in [5.74, 6) is 2.84. The van der Waals surface area contributed by atoms with Crippen molar-refractivity contribution < 1.29 is 0 Å². The van der Waals surface area contributed by atoms with Crippen molar-refractivity contribution in [3.63, 3.8) is 0 Å². The largest absolute Gasteiger partial charge is 0.378 e. The number of aliphatic imine (C=N–C) groups is 1. The molecule has 23 heavy (non-hydrogen) atoms. The van der Waals surface area contributed by atoms with Gasteiger partial charge in [-0.25, -0.2) is 0 Å². The second-order valence-electron chi connectivity index (χ2n) is 7.17. The van der Waals surface area contributed by atoms with Crippen molar-refractivity contribution in [2.75, 3.05) is 39.1 Å². The summed E-state index contributed by atoms with van der Waals surface area (Å²) in [4.78, 5) is 9.13. The van der Waals surface area contributed by atoms with E-state index in [9.17, 15) is 0 Å². The molecule has 2 aliphatic rings. The van der Waals surface area contributed by atoms with E-state index in [0.29, 0.717) is 0 Å². The Morgan fingerprint density at radius 3 is 2.52 bits per heavy atom. The number of nitrogens with zero attached hydrogens (tertiary/aromatic N) is 3. The fourth-order valence-corrected chi connectivity index (χ4v) is 4.04. The maximum atomic E-state index is 4.52. The highest BCUT2D eigenvalue weighted by Gasteiger charge is 2.35. The lowest BCUT2D eigenvalue weighted by molar-refractivity contribution is 0.299. The van der Waals surface area contributed by atoms with Crippen LogP contribution in [0.2, 0.25) is 0 Å². The van der Waals surface area contributed by atoms with E-state index in [4.69, 9.17) is 0 Å². The number of anilines is 1. The van der Waals surface area contributed by atoms with E-state index < -0.39 is 0 Å². The van der Waals surface area contributed by atoms with Crippen LogP contribution in [0.5, 0.6) is 0 Å². The predicted octanol–water partition coefficient (Wildman–Crippen LogP) is 2.95. The number of nitrogens with one attached hydrogen (secondary N) is 1. The molecule has 0 bridgehead atoms. The topological polar surface area (TPSA) is 30.9 Å². The summed E-state index contributed by atoms with van der Waals surface area (Å²) in [5, 5.41) is 3.56. The molecule has 1 aromatic rings. The maximum absolute atomic E-state index is 4.52. The Morgan fingerprint density at radius 1 is 1.22 bits per heavy atom. The first kappa shape index (κ1) is 16.2. The maximum Gasteiger partial charge on any atom is 0.193 e. The molecule has 3 rings (SSSR count). The number of guanidine groups is 1. The molecular formula is C19H30N4. The first-order valence-electron chi connectivity index (χ1n) is 8.89. The molecule has 2 unspecified atom stereocenters. The molecule has 0 aromatic heterocycles. The van der Waals surface area contributed by atoms with Gasteiger partial charge in [0, 0.05) is 46.5 Å². The van der Waals surface area contributed by atoms with E-state index in [1.165, 1.54) is 50.0 Å². The molecule has 1 aliphatic heterocycles. The van der Waals surface area contributed by atoms with Gasteiger partial charge in [0.05, 0.1) is 0 Å². The van der Waals surface area contributed by atoms with Crippen molar-refractivity contribution in [3.05, 3.63) is 29.8 Å². The van der Waals surface area contributed by atoms with Crippen molar-refractivity contribution in [2.24, 2.45) is 16.8 Å². The average molecular weight is 314 g/mol. The van der Waals surface area contributed by atoms with Gasteiger partial charge in [-0.3, -0.25) is 4.99 Å². The Labute approximate surface area is 140 Å². The van der Waals surface area contributed by atoms with E-state index in [1.54, 1.807) is 0 Å². The van der Waals surface area contributed by atoms with E-state index in [1.807, 2.05) is 7.05 Å². The smallest absolute Gasteiger partial charge is 0.193 e. The molecule has 0 spiro atoms. The van der Waals surface area contributed by atoms with Gasteiger partial charge >= 0.3 is 0 Å². The van der Waals surface area contributed by atoms with Crippen LogP contribution in [0.1, 0.15) is 31.2 Å². The van der Waals surface area contributed by atoms with Crippen LogP contribution in [-0.4, -0.2) is 45.1 Å². The van der Waals surface area contributed by atoms with Crippen LogP contribution in [0.3, 0.4) is 0 Å². The molecule has 2 atom stereocenters. The zero-order chi connectivity index (χ0) is 16.2. The highest BCUT2D eigenvalue weighted by molar-refractivity contribution is 5.80. The summed E-state index contributed by atoms with van der Waals surface area (Å²) in [6, 6.07) is 8.68. The van der Waals surface area contributed by atoms with E-state index in [2.05, 4.69) is 58.5 Å². The molecule has 1 N–H and O–H groups in total. The van der Waals surface area contributed by atoms with Crippen molar-refractivity contribution in [2.45, 2.75) is 32.2 Å². The molecule has 1 saturated heterocycles. The molecule has 4 nitrogen and oxygen atoms in total. The molecule has 4 heteroatoms. The van der Waals surface area contributed by atoms with Crippen molar-refractivity contribution in [3.8, 4) is 0 Å². The average Bonchev–Trinajstić information content (AvgIpc) is 2.99. The molecule has 126 valence electrons. The fourth-order valence-electron chi connectivity index (χ4n) is 4.04. The summed E-state index contributed by atoms with van der Waals surface area (Å²) in [6.07, 6.45) is 5.64. The van der Waals surface area contributed by atoms with Gasteiger partial charge in [0.25, 0.3) is 0 Å². The molecule has 0 radical (unpaired) electrons. The number of hydrogen-bond acceptors (Lipinski definition) is 2. The monoisotopic (exact) mass is 314 g/mol. The number of fused-ring (bicyclic) bond motifs is 1. The van der Waals surface area contributed by atoms with E-state index in [0.717, 1.165) is 24.3 Å². The van der Waals surface area contributed by atoms with Crippen LogP contribution in [0.4, 0.5) is 5.69 Å². The van der Waals surface area contributed by atoms with Gasteiger partial charge in [-0.05, 0) is 42.4 Å². The van der Waals surface area contributed by atoms with Gasteiger partial charge < -0.3 is 15.1 Å². The highest BCUT2D eigenvalue weighted by Crippen LogP contribution is 2.35. The van der Waals surface area contributed by atoms with Gasteiger partial charge in [0.1, 0.15) is 0 Å². The Hall–Kier alpha value is -1.71. The van der Waals surface area contributed by atoms with Gasteiger partial charge in [-0.1, -0.05) is 25.0 Å². The third-order valence-electron chi connectivity index (χ3n) is 5.37. The number of likely N-dealkylation sites (tertiary alicyclic amines) is 1. The van der Waals surface area contributed by atoms with Gasteiger partial charge in [0.2, 0.25) is 0 Å². The second-order valence-corrected chi connectivity index (χ2v) is 7.17. The molecule has 1 heterocycles. The van der Waals surface area contributed by atoms with Crippen molar-refractivity contribution in [1.82, 2.24) is 10.2 Å². The minimum atomic E-state index is 0.834. The summed E-state index contributed by atoms with van der Waals surface area (Å²) >= 11 is 0. The molecule has 1 aromatic carbocycles. The summed E-state index contributed by atoms with van der Waals surface area (Å²) in [7, 11) is 6.06. The molecule has 0 amide bonds. The van der Waals surface area contributed by atoms with E-state index >= 15 is 0 Å². The first-order valence-corrected chi connectivity index (χ1v) is 8.89. The van der Waals surface area contributed by atoms with Crippen LogP contribution in [0, 0.1) is 11.8 Å². The number of rotatable bonds is 3. The predicted molar refractivity (Wildman–Crippen MR) is 98.0 cm³/mol. The lowest BCUT2D eigenvalue weighted by atomic mass is 9.82. The lowest BCUT2D eigenvalue weighted by Gasteiger charge is -2.22. The molecular weight excluding hydrogens is 284 g/mol. The summed E-state index contributed by atoms with van der Waals surface area (Å²) in [6.45, 7) is 3.20. The van der Waals surface area contributed by atoms with Gasteiger partial charge in [-0.15, -0.1) is 0 Å². The fraction of sp³-hybridized carbons (Fsp3) is 0.632. The quantitative estimate of drug-likeness (QED) is 0.687. The van der Waals surface area contributed by atoms with Gasteiger partial charge in [-0.2, -0.15) is 0 Å². The van der Waals surface area contributed by atoms with Crippen LogP contribution >= 0.6 is 0 Å². The van der Waals surface area contributed by atoms with Crippen LogP contribution in [0.25, 0.3) is 0 Å². The zero-order valence-electron chi connectivity index (χ0n) is 14.8.